The second kappa shape index (κ2) is 9.87. The van der Waals surface area contributed by atoms with Crippen molar-refractivity contribution in [3.8, 4) is 6.07 Å². The zero-order valence-corrected chi connectivity index (χ0v) is 16.4. The number of nitrogens with one attached hydrogen (secondary N) is 1. The first-order valence-corrected chi connectivity index (χ1v) is 7.45. The maximum absolute atomic E-state index is 8.96. The molecule has 1 aromatic carbocycles. The van der Waals surface area contributed by atoms with E-state index in [4.69, 9.17) is 5.26 Å². The Labute approximate surface area is 159 Å². The molecule has 8 heteroatoms. The van der Waals surface area contributed by atoms with Crippen molar-refractivity contribution in [2.45, 2.75) is 20.0 Å². The van der Waals surface area contributed by atoms with Crippen molar-refractivity contribution in [3.63, 3.8) is 0 Å². The molecule has 0 saturated heterocycles. The molecule has 128 valence electrons. The Morgan fingerprint density at radius 1 is 1.46 bits per heavy atom. The van der Waals surface area contributed by atoms with Crippen LogP contribution in [-0.2, 0) is 20.1 Å². The standard InChI is InChI=1S/C16H21N7.HI/c1-4-18-16(22(2)11-15-20-12-21-23(15)3)19-10-14-7-5-6-13(8-14)9-17;/h5-8,12H,4,10-11H2,1-3H3,(H,18,19);1H. The van der Waals surface area contributed by atoms with Crippen LogP contribution in [0.5, 0.6) is 0 Å². The predicted octanol–water partition coefficient (Wildman–Crippen LogP) is 1.90. The van der Waals surface area contributed by atoms with Gasteiger partial charge in [-0.1, -0.05) is 12.1 Å². The third-order valence-corrected chi connectivity index (χ3v) is 3.35. The lowest BCUT2D eigenvalue weighted by Crippen LogP contribution is -2.39. The van der Waals surface area contributed by atoms with Crippen molar-refractivity contribution in [2.75, 3.05) is 13.6 Å². The van der Waals surface area contributed by atoms with E-state index in [1.54, 1.807) is 17.1 Å². The molecule has 0 atom stereocenters. The van der Waals surface area contributed by atoms with Gasteiger partial charge in [-0.2, -0.15) is 10.4 Å². The number of benzene rings is 1. The summed E-state index contributed by atoms with van der Waals surface area (Å²) in [6.07, 6.45) is 1.54. The summed E-state index contributed by atoms with van der Waals surface area (Å²) >= 11 is 0. The van der Waals surface area contributed by atoms with Gasteiger partial charge in [-0.15, -0.1) is 24.0 Å². The first-order valence-electron chi connectivity index (χ1n) is 7.45. The lowest BCUT2D eigenvalue weighted by atomic mass is 10.1. The van der Waals surface area contributed by atoms with E-state index in [-0.39, 0.29) is 24.0 Å². The molecule has 1 heterocycles. The van der Waals surface area contributed by atoms with Crippen LogP contribution in [-0.4, -0.2) is 39.2 Å². The molecule has 1 N–H and O–H groups in total. The van der Waals surface area contributed by atoms with Crippen molar-refractivity contribution in [1.82, 2.24) is 25.0 Å². The van der Waals surface area contributed by atoms with Gasteiger partial charge in [-0.3, -0.25) is 4.68 Å². The number of nitriles is 1. The van der Waals surface area contributed by atoms with Crippen LogP contribution in [0.1, 0.15) is 23.9 Å². The molecule has 2 aromatic rings. The first-order chi connectivity index (χ1) is 11.1. The van der Waals surface area contributed by atoms with Crippen LogP contribution in [0.2, 0.25) is 0 Å². The summed E-state index contributed by atoms with van der Waals surface area (Å²) in [4.78, 5) is 10.9. The van der Waals surface area contributed by atoms with Gasteiger partial charge in [-0.25, -0.2) is 9.98 Å². The largest absolute Gasteiger partial charge is 0.357 e. The maximum atomic E-state index is 8.96. The molecule has 0 aliphatic rings. The van der Waals surface area contributed by atoms with E-state index in [1.165, 1.54) is 0 Å². The number of nitrogens with zero attached hydrogens (tertiary/aromatic N) is 6. The quantitative estimate of drug-likeness (QED) is 0.437. The number of aromatic nitrogens is 3. The van der Waals surface area contributed by atoms with Crippen LogP contribution in [0, 0.1) is 11.3 Å². The van der Waals surface area contributed by atoms with Crippen LogP contribution in [0.4, 0.5) is 0 Å². The van der Waals surface area contributed by atoms with Crippen molar-refractivity contribution < 1.29 is 0 Å². The molecule has 0 aliphatic heterocycles. The van der Waals surface area contributed by atoms with Crippen LogP contribution in [0.15, 0.2) is 35.6 Å². The Balaban J connectivity index is 0.00000288. The number of aliphatic imine (C=N–C) groups is 1. The molecular formula is C16H22IN7. The Kier molecular flexibility index (Phi) is 8.18. The van der Waals surface area contributed by atoms with Gasteiger partial charge in [0.15, 0.2) is 5.96 Å². The highest BCUT2D eigenvalue weighted by Gasteiger charge is 2.09. The van der Waals surface area contributed by atoms with E-state index >= 15 is 0 Å². The van der Waals surface area contributed by atoms with Gasteiger partial charge < -0.3 is 10.2 Å². The summed E-state index contributed by atoms with van der Waals surface area (Å²) in [5.41, 5.74) is 1.65. The summed E-state index contributed by atoms with van der Waals surface area (Å²) in [6, 6.07) is 9.64. The highest BCUT2D eigenvalue weighted by molar-refractivity contribution is 14.0. The monoisotopic (exact) mass is 439 g/mol. The Morgan fingerprint density at radius 3 is 2.88 bits per heavy atom. The molecule has 0 amide bonds. The number of rotatable bonds is 5. The third-order valence-electron chi connectivity index (χ3n) is 3.35. The summed E-state index contributed by atoms with van der Waals surface area (Å²) in [7, 11) is 3.83. The lowest BCUT2D eigenvalue weighted by molar-refractivity contribution is 0.448. The van der Waals surface area contributed by atoms with E-state index < -0.39 is 0 Å². The summed E-state index contributed by atoms with van der Waals surface area (Å²) in [6.45, 7) is 3.93. The van der Waals surface area contributed by atoms with Gasteiger partial charge in [0.2, 0.25) is 0 Å². The van der Waals surface area contributed by atoms with Crippen molar-refractivity contribution >= 4 is 29.9 Å². The number of hydrogen-bond donors (Lipinski definition) is 1. The zero-order valence-electron chi connectivity index (χ0n) is 14.1. The topological polar surface area (TPSA) is 82.1 Å². The fraction of sp³-hybridized carbons (Fsp3) is 0.375. The number of halogens is 1. The minimum absolute atomic E-state index is 0. The van der Waals surface area contributed by atoms with Crippen molar-refractivity contribution in [2.24, 2.45) is 12.0 Å². The van der Waals surface area contributed by atoms with Gasteiger partial charge in [-0.05, 0) is 24.6 Å². The van der Waals surface area contributed by atoms with Crippen LogP contribution < -0.4 is 5.32 Å². The van der Waals surface area contributed by atoms with Gasteiger partial charge in [0.1, 0.15) is 12.2 Å². The highest BCUT2D eigenvalue weighted by atomic mass is 127. The number of aryl methyl sites for hydroxylation is 1. The summed E-state index contributed by atoms with van der Waals surface area (Å²) < 4.78 is 1.75. The van der Waals surface area contributed by atoms with Gasteiger partial charge >= 0.3 is 0 Å². The molecule has 0 aliphatic carbocycles. The molecule has 7 nitrogen and oxygen atoms in total. The molecule has 0 saturated carbocycles. The smallest absolute Gasteiger partial charge is 0.194 e. The molecule has 24 heavy (non-hydrogen) atoms. The van der Waals surface area contributed by atoms with Crippen LogP contribution in [0.25, 0.3) is 0 Å². The second-order valence-electron chi connectivity index (χ2n) is 5.14. The number of guanidine groups is 1. The Morgan fingerprint density at radius 2 is 2.25 bits per heavy atom. The van der Waals surface area contributed by atoms with Crippen molar-refractivity contribution in [1.29, 1.82) is 5.26 Å². The summed E-state index contributed by atoms with van der Waals surface area (Å²) in [5, 5.41) is 16.3. The molecule has 2 rings (SSSR count). The van der Waals surface area contributed by atoms with Gasteiger partial charge in [0.05, 0.1) is 24.7 Å². The summed E-state index contributed by atoms with van der Waals surface area (Å²) in [5.74, 6) is 1.66. The molecule has 1 aromatic heterocycles. The fourth-order valence-corrected chi connectivity index (χ4v) is 2.13. The van der Waals surface area contributed by atoms with Crippen LogP contribution in [0.3, 0.4) is 0 Å². The molecule has 0 radical (unpaired) electrons. The molecular weight excluding hydrogens is 417 g/mol. The van der Waals surface area contributed by atoms with E-state index in [1.807, 2.05) is 44.1 Å². The normalized spacial score (nSPS) is 10.7. The van der Waals surface area contributed by atoms with Crippen molar-refractivity contribution in [3.05, 3.63) is 47.5 Å². The van der Waals surface area contributed by atoms with E-state index in [9.17, 15) is 0 Å². The van der Waals surface area contributed by atoms with E-state index in [0.717, 1.165) is 23.9 Å². The SMILES string of the molecule is CCNC(=NCc1cccc(C#N)c1)N(C)Cc1ncnn1C.I. The van der Waals surface area contributed by atoms with Gasteiger partial charge in [0.25, 0.3) is 0 Å². The Hall–Kier alpha value is -2.15. The molecule has 0 spiro atoms. The van der Waals surface area contributed by atoms with E-state index in [0.29, 0.717) is 18.7 Å². The molecule has 0 bridgehead atoms. The maximum Gasteiger partial charge on any atom is 0.194 e. The van der Waals surface area contributed by atoms with E-state index in [2.05, 4.69) is 26.5 Å². The van der Waals surface area contributed by atoms with Crippen LogP contribution >= 0.6 is 24.0 Å². The first kappa shape index (κ1) is 19.9. The highest BCUT2D eigenvalue weighted by Crippen LogP contribution is 2.06. The second-order valence-corrected chi connectivity index (χ2v) is 5.14. The minimum Gasteiger partial charge on any atom is -0.357 e. The zero-order chi connectivity index (χ0) is 16.7. The average Bonchev–Trinajstić information content (AvgIpc) is 2.96. The van der Waals surface area contributed by atoms with Gasteiger partial charge in [0, 0.05) is 20.6 Å². The molecule has 0 unspecified atom stereocenters. The fourth-order valence-electron chi connectivity index (χ4n) is 2.13. The predicted molar refractivity (Wildman–Crippen MR) is 104 cm³/mol. The average molecular weight is 439 g/mol. The molecule has 0 fully saturated rings. The third kappa shape index (κ3) is 5.49. The number of hydrogen-bond acceptors (Lipinski definition) is 4. The minimum atomic E-state index is 0. The Bertz CT molecular complexity index is 717. The lowest BCUT2D eigenvalue weighted by Gasteiger charge is -2.21.